The minimum absolute atomic E-state index is 0. The average molecular weight is 809 g/mol. The Bertz CT molecular complexity index is 2220. The van der Waals surface area contributed by atoms with Crippen LogP contribution in [0.15, 0.2) is 92.9 Å². The molecule has 0 N–H and O–H groups in total. The first-order valence-electron chi connectivity index (χ1n) is 18.5. The van der Waals surface area contributed by atoms with Gasteiger partial charge in [0.2, 0.25) is 0 Å². The van der Waals surface area contributed by atoms with Gasteiger partial charge in [0.25, 0.3) is 0 Å². The van der Waals surface area contributed by atoms with E-state index in [-0.39, 0.29) is 27.9 Å². The molecule has 0 nitrogen and oxygen atoms in total. The number of hydrogen-bond acceptors (Lipinski definition) is 1. The SMILES string of the molecule is Cc1cc2c(c(C)c1C)C(C)c1c3c(c4ccccc4c1-2)C(C)C(C)C(C)[C]3(C)[Zr+2](=[CH]Cc1ccccc1)[C]1=C(c2ccsc2)C=CC1C.[Cl-].[Cl-]. The van der Waals surface area contributed by atoms with Crippen molar-refractivity contribution < 1.29 is 46.1 Å². The molecule has 0 spiro atoms. The van der Waals surface area contributed by atoms with E-state index in [1.165, 1.54) is 49.7 Å². The maximum atomic E-state index is 2.93. The van der Waals surface area contributed by atoms with E-state index in [0.717, 1.165) is 6.42 Å². The molecule has 51 heavy (non-hydrogen) atoms. The van der Waals surface area contributed by atoms with Crippen LogP contribution in [0.4, 0.5) is 0 Å². The molecule has 0 radical (unpaired) electrons. The van der Waals surface area contributed by atoms with Crippen LogP contribution in [0.5, 0.6) is 0 Å². The molecule has 0 fully saturated rings. The van der Waals surface area contributed by atoms with Crippen LogP contribution < -0.4 is 24.8 Å². The van der Waals surface area contributed by atoms with Crippen LogP contribution in [0.1, 0.15) is 103 Å². The summed E-state index contributed by atoms with van der Waals surface area (Å²) < 4.78 is 4.81. The van der Waals surface area contributed by atoms with E-state index < -0.39 is 21.3 Å². The first kappa shape index (κ1) is 38.4. The number of allylic oxidation sites excluding steroid dienone is 4. The molecule has 6 atom stereocenters. The zero-order chi connectivity index (χ0) is 34.4. The summed E-state index contributed by atoms with van der Waals surface area (Å²) in [6.45, 7) is 22.6. The third-order valence-electron chi connectivity index (χ3n) is 13.5. The quantitative estimate of drug-likeness (QED) is 0.183. The molecule has 8 rings (SSSR count). The van der Waals surface area contributed by atoms with Crippen molar-refractivity contribution in [2.24, 2.45) is 17.8 Å². The summed E-state index contributed by atoms with van der Waals surface area (Å²) in [6, 6.07) is 25.7. The fourth-order valence-electron chi connectivity index (χ4n) is 10.2. The maximum absolute atomic E-state index is 2.93. The van der Waals surface area contributed by atoms with E-state index in [9.17, 15) is 0 Å². The zero-order valence-corrected chi connectivity index (χ0v) is 36.3. The van der Waals surface area contributed by atoms with Gasteiger partial charge < -0.3 is 24.8 Å². The molecule has 0 saturated carbocycles. The molecule has 4 aromatic carbocycles. The molecule has 0 bridgehead atoms. The largest absolute Gasteiger partial charge is 1.00 e. The van der Waals surface area contributed by atoms with Gasteiger partial charge in [0.15, 0.2) is 0 Å². The Morgan fingerprint density at radius 1 is 0.804 bits per heavy atom. The summed E-state index contributed by atoms with van der Waals surface area (Å²) >= 11 is -0.894. The van der Waals surface area contributed by atoms with Crippen LogP contribution in [-0.2, 0) is 30.8 Å². The predicted octanol–water partition coefficient (Wildman–Crippen LogP) is 6.85. The van der Waals surface area contributed by atoms with Crippen molar-refractivity contribution in [3.63, 3.8) is 0 Å². The summed E-state index contributed by atoms with van der Waals surface area (Å²) in [6.07, 6.45) is 6.05. The normalized spacial score (nSPS) is 24.6. The first-order chi connectivity index (χ1) is 23.6. The minimum atomic E-state index is -2.73. The molecule has 1 aromatic heterocycles. The van der Waals surface area contributed by atoms with Gasteiger partial charge in [0, 0.05) is 0 Å². The summed E-state index contributed by atoms with van der Waals surface area (Å²) in [4.78, 5) is 0. The molecule has 6 unspecified atom stereocenters. The van der Waals surface area contributed by atoms with Gasteiger partial charge >= 0.3 is 308 Å². The fourth-order valence-corrected chi connectivity index (χ4v) is 20.8. The van der Waals surface area contributed by atoms with Crippen LogP contribution in [0, 0.1) is 38.5 Å². The van der Waals surface area contributed by atoms with E-state index in [0.29, 0.717) is 29.6 Å². The molecule has 3 aliphatic carbocycles. The number of rotatable bonds is 5. The van der Waals surface area contributed by atoms with E-state index in [1.54, 1.807) is 31.1 Å². The summed E-state index contributed by atoms with van der Waals surface area (Å²) in [5, 5.41) is 7.62. The van der Waals surface area contributed by atoms with Crippen molar-refractivity contribution >= 4 is 31.4 Å². The Hall–Kier alpha value is -2.35. The third kappa shape index (κ3) is 5.73. The Kier molecular flexibility index (Phi) is 10.9. The maximum Gasteiger partial charge on any atom is -1.00 e. The molecule has 1 heterocycles. The topological polar surface area (TPSA) is 0 Å². The molecule has 262 valence electrons. The Morgan fingerprint density at radius 3 is 2.18 bits per heavy atom. The fraction of sp³-hybridized carbons (Fsp3) is 0.340. The average Bonchev–Trinajstić information content (AvgIpc) is 3.84. The molecule has 3 aliphatic rings. The Morgan fingerprint density at radius 2 is 1.49 bits per heavy atom. The zero-order valence-electron chi connectivity index (χ0n) is 31.5. The monoisotopic (exact) mass is 806 g/mol. The molecular formula is C47H50Cl2SZr. The van der Waals surface area contributed by atoms with Crippen molar-refractivity contribution in [3.05, 3.63) is 143 Å². The molecule has 0 saturated heterocycles. The first-order valence-corrected chi connectivity index (χ1v) is 23.3. The summed E-state index contributed by atoms with van der Waals surface area (Å²) in [7, 11) is 0. The van der Waals surface area contributed by atoms with E-state index >= 15 is 0 Å². The Balaban J connectivity index is 0.00000224. The number of halogens is 2. The number of thiophene rings is 1. The second-order valence-corrected chi connectivity index (χ2v) is 23.4. The van der Waals surface area contributed by atoms with Crippen LogP contribution in [0.25, 0.3) is 27.5 Å². The molecule has 4 heteroatoms. The number of aryl methyl sites for hydroxylation is 1. The molecule has 0 amide bonds. The van der Waals surface area contributed by atoms with Gasteiger partial charge in [0.05, 0.1) is 0 Å². The minimum Gasteiger partial charge on any atom is -1.00 e. The van der Waals surface area contributed by atoms with Gasteiger partial charge in [-0.3, -0.25) is 0 Å². The second-order valence-electron chi connectivity index (χ2n) is 15.7. The van der Waals surface area contributed by atoms with Crippen LogP contribution in [-0.4, -0.2) is 3.71 Å². The van der Waals surface area contributed by atoms with E-state index in [1.807, 2.05) is 11.3 Å². The summed E-state index contributed by atoms with van der Waals surface area (Å²) in [5.41, 5.74) is 18.4. The molecule has 5 aromatic rings. The number of benzene rings is 4. The number of hydrogen-bond donors (Lipinski definition) is 0. The van der Waals surface area contributed by atoms with E-state index in [2.05, 4.69) is 156 Å². The predicted molar refractivity (Wildman–Crippen MR) is 211 cm³/mol. The van der Waals surface area contributed by atoms with Gasteiger partial charge in [-0.2, -0.15) is 0 Å². The summed E-state index contributed by atoms with van der Waals surface area (Å²) in [5.74, 6) is 2.48. The molecular weight excluding hydrogens is 759 g/mol. The van der Waals surface area contributed by atoms with Gasteiger partial charge in [-0.1, -0.05) is 0 Å². The second kappa shape index (κ2) is 14.5. The number of fused-ring (bicyclic) bond motifs is 8. The standard InChI is InChI=1S/C29H33.C10H9S.C8H8.2ClH.Zr/c1-14-13-24-25(18(5)15(14)2)21(8)28-27-20(7)17(4)16(3)19(6)26(27)22-11-9-10-12-23(22)29(24)28;1-8-2-3-9(6-8)10-4-5-11-7-10;1-2-8-6-4-3-5-7-8;;;/h9-13,16-17,19,21H,1-8H3;2-5,7-8H,1H3;1,3-7H,2H2;2*1H;/q;;;;;+2/p-2. The Labute approximate surface area is 330 Å². The van der Waals surface area contributed by atoms with E-state index in [4.69, 9.17) is 0 Å². The van der Waals surface area contributed by atoms with Gasteiger partial charge in [-0.15, -0.1) is 0 Å². The van der Waals surface area contributed by atoms with Crippen molar-refractivity contribution in [2.75, 3.05) is 0 Å². The van der Waals surface area contributed by atoms with Crippen LogP contribution >= 0.6 is 11.3 Å². The van der Waals surface area contributed by atoms with Crippen molar-refractivity contribution in [3.8, 4) is 11.1 Å². The van der Waals surface area contributed by atoms with Crippen molar-refractivity contribution in [1.82, 2.24) is 0 Å². The third-order valence-corrected chi connectivity index (χ3v) is 23.3. The van der Waals surface area contributed by atoms with Crippen LogP contribution in [0.3, 0.4) is 0 Å². The van der Waals surface area contributed by atoms with Crippen LogP contribution in [0.2, 0.25) is 0 Å². The van der Waals surface area contributed by atoms with Gasteiger partial charge in [-0.05, 0) is 0 Å². The van der Waals surface area contributed by atoms with Gasteiger partial charge in [0.1, 0.15) is 0 Å². The van der Waals surface area contributed by atoms with Crippen molar-refractivity contribution in [2.45, 2.75) is 83.7 Å². The van der Waals surface area contributed by atoms with Crippen molar-refractivity contribution in [1.29, 1.82) is 0 Å². The smallest absolute Gasteiger partial charge is 1.00 e. The van der Waals surface area contributed by atoms with Gasteiger partial charge in [-0.25, -0.2) is 0 Å². The molecule has 0 aliphatic heterocycles.